The molecular weight excluding hydrogens is 212 g/mol. The third-order valence-corrected chi connectivity index (χ3v) is 4.07. The smallest absolute Gasteiger partial charge is 0.0162 e. The Balaban J connectivity index is 2.78. The molecule has 0 spiro atoms. The summed E-state index contributed by atoms with van der Waals surface area (Å²) < 4.78 is 0. The lowest BCUT2D eigenvalue weighted by molar-refractivity contribution is 0.707. The fourth-order valence-electron chi connectivity index (χ4n) is 0.949. The van der Waals surface area contributed by atoms with Crippen LogP contribution in [0.25, 0.3) is 0 Å². The van der Waals surface area contributed by atoms with Crippen molar-refractivity contribution in [1.29, 1.82) is 0 Å². The first-order valence-electron chi connectivity index (χ1n) is 5.57. The standard InChI is InChI=1S/C10H24N2S2/c1-3-5-11-7-9-13-14-10-8-12-6-4-2/h11-12H,3-10H2,1-2H3. The second kappa shape index (κ2) is 13.6. The summed E-state index contributed by atoms with van der Waals surface area (Å²) in [6, 6.07) is 0. The van der Waals surface area contributed by atoms with Crippen molar-refractivity contribution in [2.75, 3.05) is 37.7 Å². The monoisotopic (exact) mass is 236 g/mol. The van der Waals surface area contributed by atoms with Gasteiger partial charge in [0.25, 0.3) is 0 Å². The summed E-state index contributed by atoms with van der Waals surface area (Å²) in [5.41, 5.74) is 0. The van der Waals surface area contributed by atoms with E-state index in [2.05, 4.69) is 24.5 Å². The zero-order valence-corrected chi connectivity index (χ0v) is 11.1. The third kappa shape index (κ3) is 12.6. The van der Waals surface area contributed by atoms with Gasteiger partial charge in [0.15, 0.2) is 0 Å². The number of rotatable bonds is 11. The van der Waals surface area contributed by atoms with Gasteiger partial charge >= 0.3 is 0 Å². The zero-order chi connectivity index (χ0) is 10.5. The second-order valence-electron chi connectivity index (χ2n) is 3.14. The predicted molar refractivity (Wildman–Crippen MR) is 71.2 cm³/mol. The van der Waals surface area contributed by atoms with Gasteiger partial charge in [-0.15, -0.1) is 0 Å². The van der Waals surface area contributed by atoms with E-state index in [0.29, 0.717) is 0 Å². The van der Waals surface area contributed by atoms with Crippen LogP contribution in [0, 0.1) is 0 Å². The maximum atomic E-state index is 3.40. The highest BCUT2D eigenvalue weighted by molar-refractivity contribution is 8.76. The van der Waals surface area contributed by atoms with Crippen molar-refractivity contribution < 1.29 is 0 Å². The minimum absolute atomic E-state index is 1.15. The van der Waals surface area contributed by atoms with Gasteiger partial charge in [0.2, 0.25) is 0 Å². The first-order chi connectivity index (χ1) is 6.91. The summed E-state index contributed by atoms with van der Waals surface area (Å²) in [7, 11) is 3.95. The summed E-state index contributed by atoms with van der Waals surface area (Å²) in [6.07, 6.45) is 2.47. The Labute approximate surface area is 96.8 Å². The Kier molecular flexibility index (Phi) is 14.2. The average molecular weight is 236 g/mol. The van der Waals surface area contributed by atoms with E-state index >= 15 is 0 Å². The molecule has 0 atom stereocenters. The maximum Gasteiger partial charge on any atom is 0.0162 e. The van der Waals surface area contributed by atoms with Gasteiger partial charge in [0.1, 0.15) is 0 Å². The summed E-state index contributed by atoms with van der Waals surface area (Å²) in [4.78, 5) is 0. The van der Waals surface area contributed by atoms with Gasteiger partial charge in [-0.25, -0.2) is 0 Å². The molecule has 0 aromatic carbocycles. The van der Waals surface area contributed by atoms with Crippen molar-refractivity contribution in [2.24, 2.45) is 0 Å². The van der Waals surface area contributed by atoms with Crippen LogP contribution in [0.5, 0.6) is 0 Å². The molecule has 0 aliphatic carbocycles. The molecular formula is C10H24N2S2. The van der Waals surface area contributed by atoms with Crippen molar-refractivity contribution in [2.45, 2.75) is 26.7 Å². The summed E-state index contributed by atoms with van der Waals surface area (Å²) in [5.74, 6) is 2.44. The molecule has 0 heterocycles. The van der Waals surface area contributed by atoms with Crippen LogP contribution < -0.4 is 10.6 Å². The van der Waals surface area contributed by atoms with Gasteiger partial charge in [-0.3, -0.25) is 0 Å². The van der Waals surface area contributed by atoms with E-state index in [1.165, 1.54) is 24.3 Å². The third-order valence-electron chi connectivity index (χ3n) is 1.66. The molecule has 0 aliphatic heterocycles. The SMILES string of the molecule is CCCNCCSSCCNCCC. The van der Waals surface area contributed by atoms with Crippen LogP contribution in [-0.2, 0) is 0 Å². The molecule has 0 aliphatic rings. The molecule has 0 bridgehead atoms. The van der Waals surface area contributed by atoms with Crippen LogP contribution in [0.1, 0.15) is 26.7 Å². The van der Waals surface area contributed by atoms with Crippen LogP contribution in [0.15, 0.2) is 0 Å². The first-order valence-corrected chi connectivity index (χ1v) is 8.06. The van der Waals surface area contributed by atoms with Crippen molar-refractivity contribution in [3.05, 3.63) is 0 Å². The molecule has 14 heavy (non-hydrogen) atoms. The van der Waals surface area contributed by atoms with Crippen LogP contribution >= 0.6 is 21.6 Å². The molecule has 0 aromatic rings. The normalized spacial score (nSPS) is 10.7. The Morgan fingerprint density at radius 1 is 0.714 bits per heavy atom. The van der Waals surface area contributed by atoms with Crippen molar-refractivity contribution in [1.82, 2.24) is 10.6 Å². The van der Waals surface area contributed by atoms with Gasteiger partial charge < -0.3 is 10.6 Å². The number of hydrogen-bond donors (Lipinski definition) is 2. The Bertz CT molecular complexity index is 90.1. The lowest BCUT2D eigenvalue weighted by Crippen LogP contribution is -2.18. The molecule has 4 heteroatoms. The predicted octanol–water partition coefficient (Wildman–Crippen LogP) is 2.37. The van der Waals surface area contributed by atoms with Crippen LogP contribution in [0.3, 0.4) is 0 Å². The Morgan fingerprint density at radius 2 is 1.14 bits per heavy atom. The van der Waals surface area contributed by atoms with E-state index in [1.807, 2.05) is 21.6 Å². The molecule has 0 unspecified atom stereocenters. The van der Waals surface area contributed by atoms with E-state index in [-0.39, 0.29) is 0 Å². The van der Waals surface area contributed by atoms with Gasteiger partial charge in [0, 0.05) is 24.6 Å². The highest BCUT2D eigenvalue weighted by Gasteiger charge is 1.90. The molecule has 86 valence electrons. The molecule has 2 N–H and O–H groups in total. The highest BCUT2D eigenvalue weighted by Crippen LogP contribution is 2.19. The van der Waals surface area contributed by atoms with Crippen LogP contribution in [-0.4, -0.2) is 37.7 Å². The summed E-state index contributed by atoms with van der Waals surface area (Å²) in [5, 5.41) is 6.79. The minimum atomic E-state index is 1.15. The molecule has 2 nitrogen and oxygen atoms in total. The summed E-state index contributed by atoms with van der Waals surface area (Å²) >= 11 is 0. The number of hydrogen-bond acceptors (Lipinski definition) is 4. The lowest BCUT2D eigenvalue weighted by Gasteiger charge is -2.03. The van der Waals surface area contributed by atoms with Gasteiger partial charge in [0.05, 0.1) is 0 Å². The van der Waals surface area contributed by atoms with E-state index in [9.17, 15) is 0 Å². The van der Waals surface area contributed by atoms with E-state index in [0.717, 1.165) is 26.2 Å². The second-order valence-corrected chi connectivity index (χ2v) is 5.85. The lowest BCUT2D eigenvalue weighted by atomic mass is 10.5. The van der Waals surface area contributed by atoms with E-state index in [4.69, 9.17) is 0 Å². The first kappa shape index (κ1) is 14.6. The minimum Gasteiger partial charge on any atom is -0.316 e. The van der Waals surface area contributed by atoms with Gasteiger partial charge in [-0.05, 0) is 25.9 Å². The van der Waals surface area contributed by atoms with Crippen LogP contribution in [0.2, 0.25) is 0 Å². The zero-order valence-electron chi connectivity index (χ0n) is 9.47. The van der Waals surface area contributed by atoms with Crippen molar-refractivity contribution >= 4 is 21.6 Å². The number of nitrogens with one attached hydrogen (secondary N) is 2. The van der Waals surface area contributed by atoms with Crippen molar-refractivity contribution in [3.63, 3.8) is 0 Å². The maximum absolute atomic E-state index is 3.40. The molecule has 0 rings (SSSR count). The molecule has 0 saturated heterocycles. The topological polar surface area (TPSA) is 24.1 Å². The van der Waals surface area contributed by atoms with Gasteiger partial charge in [-0.2, -0.15) is 0 Å². The van der Waals surface area contributed by atoms with E-state index in [1.54, 1.807) is 0 Å². The fourth-order valence-corrected chi connectivity index (χ4v) is 2.85. The van der Waals surface area contributed by atoms with Gasteiger partial charge in [-0.1, -0.05) is 35.4 Å². The average Bonchev–Trinajstić information content (AvgIpc) is 2.21. The molecule has 0 saturated carbocycles. The molecule has 0 radical (unpaired) electrons. The Hall–Kier alpha value is 0.620. The highest BCUT2D eigenvalue weighted by atomic mass is 33.1. The molecule has 0 aromatic heterocycles. The largest absolute Gasteiger partial charge is 0.316 e. The van der Waals surface area contributed by atoms with Crippen molar-refractivity contribution in [3.8, 4) is 0 Å². The molecule has 0 amide bonds. The summed E-state index contributed by atoms with van der Waals surface area (Å²) in [6.45, 7) is 9.01. The van der Waals surface area contributed by atoms with Crippen LogP contribution in [0.4, 0.5) is 0 Å². The molecule has 0 fully saturated rings. The fraction of sp³-hybridized carbons (Fsp3) is 1.00. The van der Waals surface area contributed by atoms with E-state index < -0.39 is 0 Å². The quantitative estimate of drug-likeness (QED) is 0.425. The Morgan fingerprint density at radius 3 is 1.50 bits per heavy atom.